The molecule has 1 atom stereocenters. The molecule has 7 nitrogen and oxygen atoms in total. The summed E-state index contributed by atoms with van der Waals surface area (Å²) in [5.41, 5.74) is -1.26. The average Bonchev–Trinajstić information content (AvgIpc) is 3.18. The molecule has 3 heterocycles. The number of carbonyl (C=O) groups excluding carboxylic acids is 2. The van der Waals surface area contributed by atoms with Gasteiger partial charge >= 0.3 is 6.03 Å². The van der Waals surface area contributed by atoms with E-state index in [1.807, 2.05) is 0 Å². The van der Waals surface area contributed by atoms with E-state index in [1.165, 1.54) is 11.2 Å². The lowest BCUT2D eigenvalue weighted by molar-refractivity contribution is -0.136. The van der Waals surface area contributed by atoms with Gasteiger partial charge in [-0.25, -0.2) is 9.18 Å². The molecule has 1 fully saturated rings. The van der Waals surface area contributed by atoms with Crippen molar-refractivity contribution in [2.75, 3.05) is 13.1 Å². The molecule has 2 aromatic heterocycles. The molecule has 26 heavy (non-hydrogen) atoms. The van der Waals surface area contributed by atoms with Gasteiger partial charge in [0.25, 0.3) is 5.91 Å². The number of nitrogens with one attached hydrogen (secondary N) is 2. The van der Waals surface area contributed by atoms with E-state index in [9.17, 15) is 9.59 Å². The number of piperidine rings is 1. The smallest absolute Gasteiger partial charge is 0.317 e. The van der Waals surface area contributed by atoms with Crippen molar-refractivity contribution in [2.45, 2.75) is 31.6 Å². The van der Waals surface area contributed by atoms with Crippen molar-refractivity contribution in [3.05, 3.63) is 54.2 Å². The van der Waals surface area contributed by atoms with Gasteiger partial charge in [0.2, 0.25) is 5.67 Å². The summed E-state index contributed by atoms with van der Waals surface area (Å²) >= 11 is 0. The minimum atomic E-state index is -2.09. The van der Waals surface area contributed by atoms with Crippen LogP contribution in [0.15, 0.2) is 47.3 Å². The zero-order valence-corrected chi connectivity index (χ0v) is 14.3. The predicted octanol–water partition coefficient (Wildman–Crippen LogP) is 2.00. The van der Waals surface area contributed by atoms with Crippen molar-refractivity contribution < 1.29 is 18.4 Å². The molecule has 0 aliphatic carbocycles. The van der Waals surface area contributed by atoms with Crippen LogP contribution in [0.3, 0.4) is 0 Å². The number of halogens is 1. The van der Waals surface area contributed by atoms with Crippen LogP contribution in [0, 0.1) is 0 Å². The third-order valence-electron chi connectivity index (χ3n) is 4.33. The minimum absolute atomic E-state index is 0.0944. The van der Waals surface area contributed by atoms with Crippen LogP contribution in [-0.4, -0.2) is 40.6 Å². The van der Waals surface area contributed by atoms with E-state index < -0.39 is 17.6 Å². The van der Waals surface area contributed by atoms with Gasteiger partial charge in [0, 0.05) is 25.5 Å². The van der Waals surface area contributed by atoms with Crippen LogP contribution in [0.2, 0.25) is 0 Å². The van der Waals surface area contributed by atoms with Crippen molar-refractivity contribution in [1.29, 1.82) is 0 Å². The molecule has 138 valence electrons. The Hall–Kier alpha value is -2.90. The molecule has 1 aliphatic heterocycles. The second-order valence-electron chi connectivity index (χ2n) is 6.27. The van der Waals surface area contributed by atoms with Gasteiger partial charge in [-0.05, 0) is 42.7 Å². The van der Waals surface area contributed by atoms with Crippen molar-refractivity contribution in [2.24, 2.45) is 0 Å². The van der Waals surface area contributed by atoms with Gasteiger partial charge in [-0.1, -0.05) is 0 Å². The first-order valence-electron chi connectivity index (χ1n) is 8.48. The lowest BCUT2D eigenvalue weighted by atomic mass is 9.94. The fourth-order valence-electron chi connectivity index (χ4n) is 2.90. The van der Waals surface area contributed by atoms with Gasteiger partial charge in [-0.3, -0.25) is 9.78 Å². The highest BCUT2D eigenvalue weighted by molar-refractivity contribution is 5.86. The molecule has 3 rings (SSSR count). The Labute approximate surface area is 150 Å². The van der Waals surface area contributed by atoms with Crippen LogP contribution < -0.4 is 10.6 Å². The maximum Gasteiger partial charge on any atom is 0.317 e. The SMILES string of the molecule is O=C(NCc1ccco1)N1CCCC(F)(C(=O)NCc2ccncc2)C1. The second kappa shape index (κ2) is 7.99. The number of carbonyl (C=O) groups is 2. The lowest BCUT2D eigenvalue weighted by Gasteiger charge is -2.36. The van der Waals surface area contributed by atoms with Crippen molar-refractivity contribution in [1.82, 2.24) is 20.5 Å². The van der Waals surface area contributed by atoms with Gasteiger partial charge < -0.3 is 20.0 Å². The number of nitrogens with zero attached hydrogens (tertiary/aromatic N) is 2. The molecule has 1 unspecified atom stereocenters. The monoisotopic (exact) mass is 360 g/mol. The van der Waals surface area contributed by atoms with Crippen LogP contribution in [0.1, 0.15) is 24.2 Å². The molecule has 0 saturated carbocycles. The second-order valence-corrected chi connectivity index (χ2v) is 6.27. The van der Waals surface area contributed by atoms with E-state index in [-0.39, 0.29) is 26.1 Å². The Morgan fingerprint density at radius 1 is 1.23 bits per heavy atom. The summed E-state index contributed by atoms with van der Waals surface area (Å²) in [5, 5.41) is 5.29. The highest BCUT2D eigenvalue weighted by atomic mass is 19.1. The van der Waals surface area contributed by atoms with Crippen LogP contribution in [0.5, 0.6) is 0 Å². The molecular formula is C18H21FN4O3. The summed E-state index contributed by atoms with van der Waals surface area (Å²) in [6, 6.07) is 6.55. The van der Waals surface area contributed by atoms with Gasteiger partial charge in [-0.2, -0.15) is 0 Å². The average molecular weight is 360 g/mol. The molecule has 1 saturated heterocycles. The van der Waals surface area contributed by atoms with E-state index in [0.717, 1.165) is 5.56 Å². The zero-order chi connectivity index (χ0) is 18.4. The van der Waals surface area contributed by atoms with Crippen LogP contribution >= 0.6 is 0 Å². The van der Waals surface area contributed by atoms with Crippen LogP contribution in [-0.2, 0) is 17.9 Å². The number of furan rings is 1. The van der Waals surface area contributed by atoms with Crippen molar-refractivity contribution in [3.8, 4) is 0 Å². The minimum Gasteiger partial charge on any atom is -0.467 e. The van der Waals surface area contributed by atoms with E-state index in [4.69, 9.17) is 4.42 Å². The molecule has 3 amide bonds. The number of pyridine rings is 1. The first-order chi connectivity index (χ1) is 12.6. The summed E-state index contributed by atoms with van der Waals surface area (Å²) < 4.78 is 20.3. The zero-order valence-electron chi connectivity index (χ0n) is 14.3. The number of hydrogen-bond acceptors (Lipinski definition) is 4. The Morgan fingerprint density at radius 3 is 2.77 bits per heavy atom. The van der Waals surface area contributed by atoms with Crippen molar-refractivity contribution in [3.63, 3.8) is 0 Å². The molecule has 0 spiro atoms. The summed E-state index contributed by atoms with van der Waals surface area (Å²) in [6.45, 7) is 0.583. The molecule has 8 heteroatoms. The Kier molecular flexibility index (Phi) is 5.50. The molecule has 0 bridgehead atoms. The lowest BCUT2D eigenvalue weighted by Crippen LogP contribution is -2.57. The Bertz CT molecular complexity index is 738. The van der Waals surface area contributed by atoms with Gasteiger partial charge in [0.15, 0.2) is 0 Å². The summed E-state index contributed by atoms with van der Waals surface area (Å²) in [5.74, 6) is -0.0881. The van der Waals surface area contributed by atoms with Gasteiger partial charge in [0.05, 0.1) is 19.4 Å². The third-order valence-corrected chi connectivity index (χ3v) is 4.33. The van der Waals surface area contributed by atoms with Crippen molar-refractivity contribution >= 4 is 11.9 Å². The van der Waals surface area contributed by atoms with E-state index in [0.29, 0.717) is 18.7 Å². The number of alkyl halides is 1. The number of rotatable bonds is 5. The topological polar surface area (TPSA) is 87.5 Å². The number of likely N-dealkylation sites (tertiary alicyclic amines) is 1. The molecular weight excluding hydrogens is 339 g/mol. The van der Waals surface area contributed by atoms with E-state index >= 15 is 4.39 Å². The molecule has 1 aliphatic rings. The largest absolute Gasteiger partial charge is 0.467 e. The first kappa shape index (κ1) is 17.9. The standard InChI is InChI=1S/C18H21FN4O3/c19-18(16(24)21-11-14-4-7-20-8-5-14)6-2-9-23(13-18)17(25)22-12-15-3-1-10-26-15/h1,3-5,7-8,10H,2,6,9,11-13H2,(H,21,24)(H,22,25). The van der Waals surface area contributed by atoms with E-state index in [2.05, 4.69) is 15.6 Å². The molecule has 2 aromatic rings. The third kappa shape index (κ3) is 4.38. The normalized spacial score (nSPS) is 19.8. The fourth-order valence-corrected chi connectivity index (χ4v) is 2.90. The quantitative estimate of drug-likeness (QED) is 0.854. The molecule has 2 N–H and O–H groups in total. The van der Waals surface area contributed by atoms with E-state index in [1.54, 1.807) is 36.7 Å². The number of urea groups is 1. The predicted molar refractivity (Wildman–Crippen MR) is 91.7 cm³/mol. The molecule has 0 radical (unpaired) electrons. The van der Waals surface area contributed by atoms with Gasteiger partial charge in [0.1, 0.15) is 5.76 Å². The number of amides is 3. The number of hydrogen-bond donors (Lipinski definition) is 2. The summed E-state index contributed by atoms with van der Waals surface area (Å²) in [6.07, 6.45) is 5.25. The maximum atomic E-state index is 15.1. The van der Waals surface area contributed by atoms with Gasteiger partial charge in [-0.15, -0.1) is 0 Å². The highest BCUT2D eigenvalue weighted by Crippen LogP contribution is 2.26. The van der Waals surface area contributed by atoms with Crippen LogP contribution in [0.4, 0.5) is 9.18 Å². The first-order valence-corrected chi connectivity index (χ1v) is 8.48. The Morgan fingerprint density at radius 2 is 2.04 bits per heavy atom. The number of aromatic nitrogens is 1. The Balaban J connectivity index is 1.53. The summed E-state index contributed by atoms with van der Waals surface area (Å²) in [7, 11) is 0. The molecule has 0 aromatic carbocycles. The van der Waals surface area contributed by atoms with Crippen LogP contribution in [0.25, 0.3) is 0 Å². The maximum absolute atomic E-state index is 15.1. The summed E-state index contributed by atoms with van der Waals surface area (Å²) in [4.78, 5) is 29.8. The fraction of sp³-hybridized carbons (Fsp3) is 0.389. The highest BCUT2D eigenvalue weighted by Gasteiger charge is 2.43.